The van der Waals surface area contributed by atoms with Gasteiger partial charge in [0.25, 0.3) is 0 Å². The summed E-state index contributed by atoms with van der Waals surface area (Å²) < 4.78 is 71.1. The summed E-state index contributed by atoms with van der Waals surface area (Å²) in [6, 6.07) is 0. The quantitative estimate of drug-likeness (QED) is 0.530. The van der Waals surface area contributed by atoms with E-state index in [0.717, 1.165) is 0 Å². The van der Waals surface area contributed by atoms with E-state index >= 15 is 0 Å². The Morgan fingerprint density at radius 1 is 0.750 bits per heavy atom. The highest BCUT2D eigenvalue weighted by molar-refractivity contribution is 9.10. The second-order valence-corrected chi connectivity index (χ2v) is 3.62. The lowest BCUT2D eigenvalue weighted by Crippen LogP contribution is -2.15. The first-order valence-corrected chi connectivity index (χ1v) is 3.85. The molecule has 0 aliphatic rings. The first-order chi connectivity index (χ1) is 5.07. The molecule has 8 heteroatoms. The summed E-state index contributed by atoms with van der Waals surface area (Å²) in [5.74, 6) is -5.71. The van der Waals surface area contributed by atoms with E-state index < -0.39 is 21.3 Å². The van der Waals surface area contributed by atoms with Gasteiger partial charge in [0, 0.05) is 0 Å². The van der Waals surface area contributed by atoms with Crippen LogP contribution in [0.25, 0.3) is 0 Å². The maximum Gasteiger partial charge on any atom is 0.355 e. The van der Waals surface area contributed by atoms with E-state index in [9.17, 15) is 26.3 Å². The Morgan fingerprint density at radius 3 is 1.00 bits per heavy atom. The van der Waals surface area contributed by atoms with Crippen molar-refractivity contribution in [3.05, 3.63) is 11.7 Å². The number of halogens is 8. The molecule has 72 valence electrons. The molecule has 0 spiro atoms. The fraction of sp³-hybridized carbons (Fsp3) is 0.500. The Bertz CT molecular complexity index is 177. The van der Waals surface area contributed by atoms with Gasteiger partial charge in [-0.15, -0.1) is 0 Å². The Balaban J connectivity index is 4.96. The van der Waals surface area contributed by atoms with Crippen molar-refractivity contribution in [1.82, 2.24) is 0 Å². The molecule has 0 aromatic carbocycles. The zero-order valence-corrected chi connectivity index (χ0v) is 8.20. The molecule has 12 heavy (non-hydrogen) atoms. The predicted molar refractivity (Wildman–Crippen MR) is 37.0 cm³/mol. The van der Waals surface area contributed by atoms with Crippen molar-refractivity contribution < 1.29 is 26.3 Å². The minimum Gasteiger partial charge on any atom is -0.201 e. The molecule has 0 heterocycles. The smallest absolute Gasteiger partial charge is 0.201 e. The normalized spacial score (nSPS) is 16.0. The molecule has 0 saturated carbocycles. The molecule has 0 bridgehead atoms. The molecule has 0 nitrogen and oxygen atoms in total. The second-order valence-electron chi connectivity index (χ2n) is 1.62. The van der Waals surface area contributed by atoms with E-state index in [1.807, 2.05) is 0 Å². The van der Waals surface area contributed by atoms with Crippen LogP contribution in [0.15, 0.2) is 11.7 Å². The van der Waals surface area contributed by atoms with Crippen LogP contribution in [-0.4, -0.2) is 9.66 Å². The summed E-state index contributed by atoms with van der Waals surface area (Å²) >= 11 is 2.75. The summed E-state index contributed by atoms with van der Waals surface area (Å²) in [7, 11) is 0. The maximum atomic E-state index is 12.0. The number of allylic oxidation sites excluding steroid dienone is 2. The zero-order chi connectivity index (χ0) is 10.2. The topological polar surface area (TPSA) is 0 Å². The van der Waals surface area contributed by atoms with Gasteiger partial charge in [-0.05, 0) is 31.9 Å². The molecule has 0 fully saturated rings. The van der Waals surface area contributed by atoms with E-state index in [-0.39, 0.29) is 0 Å². The Hall–Kier alpha value is 0.280. The van der Waals surface area contributed by atoms with E-state index in [4.69, 9.17) is 0 Å². The molecule has 0 N–H and O–H groups in total. The molecule has 0 unspecified atom stereocenters. The highest BCUT2D eigenvalue weighted by Gasteiger charge is 2.43. The molecule has 0 atom stereocenters. The summed E-state index contributed by atoms with van der Waals surface area (Å²) in [4.78, 5) is -8.84. The fourth-order valence-electron chi connectivity index (χ4n) is 0.249. The first kappa shape index (κ1) is 12.3. The molecule has 0 saturated heterocycles. The van der Waals surface area contributed by atoms with Gasteiger partial charge in [-0.3, -0.25) is 0 Å². The Labute approximate surface area is 79.9 Å². The van der Waals surface area contributed by atoms with Gasteiger partial charge in [0.1, 0.15) is 0 Å². The van der Waals surface area contributed by atoms with Crippen molar-refractivity contribution in [2.45, 2.75) is 9.66 Å². The average molecular weight is 322 g/mol. The molecule has 0 rings (SSSR count). The van der Waals surface area contributed by atoms with Crippen molar-refractivity contribution in [2.75, 3.05) is 0 Å². The van der Waals surface area contributed by atoms with Crippen LogP contribution in [0.3, 0.4) is 0 Å². The first-order valence-electron chi connectivity index (χ1n) is 2.26. The molecule has 0 radical (unpaired) electrons. The van der Waals surface area contributed by atoms with Crippen LogP contribution in [0, 0.1) is 0 Å². The number of rotatable bonds is 2. The lowest BCUT2D eigenvalue weighted by atomic mass is 10.4. The Kier molecular flexibility index (Phi) is 3.65. The van der Waals surface area contributed by atoms with Gasteiger partial charge in [0.15, 0.2) is 0 Å². The largest absolute Gasteiger partial charge is 0.355 e. The van der Waals surface area contributed by atoms with Crippen LogP contribution >= 0.6 is 31.9 Å². The molecule has 0 amide bonds. The maximum absolute atomic E-state index is 12.0. The van der Waals surface area contributed by atoms with Gasteiger partial charge >= 0.3 is 9.66 Å². The van der Waals surface area contributed by atoms with E-state index in [1.165, 1.54) is 31.9 Å². The highest BCUT2D eigenvalue weighted by Crippen LogP contribution is 2.41. The molecule has 0 aromatic heterocycles. The summed E-state index contributed by atoms with van der Waals surface area (Å²) in [5.41, 5.74) is 0. The summed E-state index contributed by atoms with van der Waals surface area (Å²) in [6.07, 6.45) is 0. The van der Waals surface area contributed by atoms with Crippen LogP contribution in [0.4, 0.5) is 26.3 Å². The van der Waals surface area contributed by atoms with Crippen molar-refractivity contribution >= 4 is 31.9 Å². The van der Waals surface area contributed by atoms with Gasteiger partial charge in [-0.1, -0.05) is 0 Å². The molecule has 0 aliphatic heterocycles. The second kappa shape index (κ2) is 3.57. The van der Waals surface area contributed by atoms with Gasteiger partial charge in [0.05, 0.1) is 0 Å². The molecular weight excluding hydrogens is 322 g/mol. The molecule has 0 aromatic rings. The van der Waals surface area contributed by atoms with Crippen LogP contribution in [-0.2, 0) is 0 Å². The van der Waals surface area contributed by atoms with Crippen LogP contribution in [0.1, 0.15) is 0 Å². The number of hydrogen-bond acceptors (Lipinski definition) is 0. The fourth-order valence-corrected chi connectivity index (χ4v) is 0.597. The van der Waals surface area contributed by atoms with Crippen molar-refractivity contribution in [3.63, 3.8) is 0 Å². The van der Waals surface area contributed by atoms with Crippen molar-refractivity contribution in [2.24, 2.45) is 0 Å². The standard InChI is InChI=1S/C4Br2F6/c5-3(9,10)1(7)2(8)4(6,11)12/b2-1+. The zero-order valence-electron chi connectivity index (χ0n) is 5.02. The SMILES string of the molecule is F/C(=C(/F)C(F)(F)Br)C(F)(F)Br. The summed E-state index contributed by atoms with van der Waals surface area (Å²) in [6.45, 7) is 0. The third-order valence-electron chi connectivity index (χ3n) is 0.690. The Morgan fingerprint density at radius 2 is 0.917 bits per heavy atom. The van der Waals surface area contributed by atoms with E-state index in [2.05, 4.69) is 0 Å². The highest BCUT2D eigenvalue weighted by atomic mass is 79.9. The van der Waals surface area contributed by atoms with Crippen molar-refractivity contribution in [1.29, 1.82) is 0 Å². The van der Waals surface area contributed by atoms with E-state index in [0.29, 0.717) is 0 Å². The number of hydrogen-bond donors (Lipinski definition) is 0. The third kappa shape index (κ3) is 3.34. The minimum atomic E-state index is -4.42. The van der Waals surface area contributed by atoms with Crippen LogP contribution in [0.5, 0.6) is 0 Å². The third-order valence-corrected chi connectivity index (χ3v) is 1.39. The lowest BCUT2D eigenvalue weighted by Gasteiger charge is -2.09. The average Bonchev–Trinajstić information content (AvgIpc) is 1.80. The van der Waals surface area contributed by atoms with Gasteiger partial charge in [-0.2, -0.15) is 17.6 Å². The monoisotopic (exact) mass is 320 g/mol. The summed E-state index contributed by atoms with van der Waals surface area (Å²) in [5, 5.41) is 0. The lowest BCUT2D eigenvalue weighted by molar-refractivity contribution is 0.0869. The molecule has 0 aliphatic carbocycles. The van der Waals surface area contributed by atoms with Crippen molar-refractivity contribution in [3.8, 4) is 0 Å². The van der Waals surface area contributed by atoms with E-state index in [1.54, 1.807) is 0 Å². The number of alkyl halides is 6. The minimum absolute atomic E-state index is 1.38. The van der Waals surface area contributed by atoms with Crippen LogP contribution < -0.4 is 0 Å². The van der Waals surface area contributed by atoms with Gasteiger partial charge in [-0.25, -0.2) is 8.78 Å². The van der Waals surface area contributed by atoms with Gasteiger partial charge in [0.2, 0.25) is 11.7 Å². The van der Waals surface area contributed by atoms with Gasteiger partial charge < -0.3 is 0 Å². The predicted octanol–water partition coefficient (Wildman–Crippen LogP) is 4.11. The van der Waals surface area contributed by atoms with Crippen LogP contribution in [0.2, 0.25) is 0 Å². The molecular formula is C4Br2F6.